The van der Waals surface area contributed by atoms with Gasteiger partial charge in [0, 0.05) is 29.2 Å². The largest absolute Gasteiger partial charge is 0.310 e. The number of nitrogens with one attached hydrogen (secondary N) is 1. The predicted octanol–water partition coefficient (Wildman–Crippen LogP) is 4.42. The predicted molar refractivity (Wildman–Crippen MR) is 81.2 cm³/mol. The molecule has 0 saturated heterocycles. The minimum Gasteiger partial charge on any atom is -0.310 e. The topological polar surface area (TPSA) is 55.2 Å². The average Bonchev–Trinajstić information content (AvgIpc) is 2.36. The second kappa shape index (κ2) is 8.27. The lowest BCUT2D eigenvalue weighted by Gasteiger charge is -2.13. The molecular formula is C14H21BrN2O2. The summed E-state index contributed by atoms with van der Waals surface area (Å²) in [5.41, 5.74) is 1.06. The molecule has 1 atom stereocenters. The Morgan fingerprint density at radius 2 is 2.11 bits per heavy atom. The highest BCUT2D eigenvalue weighted by Crippen LogP contribution is 2.21. The van der Waals surface area contributed by atoms with Gasteiger partial charge in [-0.05, 0) is 25.0 Å². The van der Waals surface area contributed by atoms with Gasteiger partial charge in [-0.2, -0.15) is 0 Å². The summed E-state index contributed by atoms with van der Waals surface area (Å²) in [7, 11) is 0. The van der Waals surface area contributed by atoms with Gasteiger partial charge in [0.1, 0.15) is 0 Å². The van der Waals surface area contributed by atoms with Crippen molar-refractivity contribution in [2.45, 2.75) is 52.1 Å². The van der Waals surface area contributed by atoms with Crippen LogP contribution in [0.5, 0.6) is 0 Å². The highest BCUT2D eigenvalue weighted by atomic mass is 79.9. The Morgan fingerprint density at radius 1 is 1.37 bits per heavy atom. The van der Waals surface area contributed by atoms with Crippen LogP contribution in [0.1, 0.15) is 45.1 Å². The zero-order chi connectivity index (χ0) is 14.3. The molecule has 0 saturated carbocycles. The number of hydrogen-bond donors (Lipinski definition) is 1. The van der Waals surface area contributed by atoms with Crippen LogP contribution in [0, 0.1) is 10.1 Å². The van der Waals surface area contributed by atoms with Gasteiger partial charge in [-0.15, -0.1) is 0 Å². The van der Waals surface area contributed by atoms with Gasteiger partial charge in [0.2, 0.25) is 0 Å². The molecule has 19 heavy (non-hydrogen) atoms. The summed E-state index contributed by atoms with van der Waals surface area (Å²) in [4.78, 5) is 10.4. The molecule has 0 amide bonds. The number of rotatable bonds is 8. The highest BCUT2D eigenvalue weighted by molar-refractivity contribution is 9.10. The third kappa shape index (κ3) is 6.16. The monoisotopic (exact) mass is 328 g/mol. The zero-order valence-electron chi connectivity index (χ0n) is 11.5. The van der Waals surface area contributed by atoms with Crippen molar-refractivity contribution in [1.29, 1.82) is 0 Å². The quantitative estimate of drug-likeness (QED) is 0.436. The molecule has 1 N–H and O–H groups in total. The van der Waals surface area contributed by atoms with Gasteiger partial charge in [0.15, 0.2) is 0 Å². The Balaban J connectivity index is 2.50. The van der Waals surface area contributed by atoms with E-state index >= 15 is 0 Å². The van der Waals surface area contributed by atoms with Crippen molar-refractivity contribution in [3.63, 3.8) is 0 Å². The molecule has 0 bridgehead atoms. The maximum Gasteiger partial charge on any atom is 0.270 e. The summed E-state index contributed by atoms with van der Waals surface area (Å²) < 4.78 is 0.747. The van der Waals surface area contributed by atoms with Crippen LogP contribution in [-0.2, 0) is 6.54 Å². The fourth-order valence-corrected chi connectivity index (χ4v) is 2.46. The van der Waals surface area contributed by atoms with Crippen LogP contribution < -0.4 is 5.32 Å². The van der Waals surface area contributed by atoms with Crippen LogP contribution in [0.25, 0.3) is 0 Å². The lowest BCUT2D eigenvalue weighted by molar-refractivity contribution is -0.385. The fourth-order valence-electron chi connectivity index (χ4n) is 1.94. The molecule has 0 radical (unpaired) electrons. The molecular weight excluding hydrogens is 308 g/mol. The Bertz CT molecular complexity index is 424. The van der Waals surface area contributed by atoms with Crippen LogP contribution in [-0.4, -0.2) is 11.0 Å². The third-order valence-corrected chi connectivity index (χ3v) is 3.51. The SMILES string of the molecule is CCCCCC(C)NCc1cc(Br)cc([N+](=O)[O-])c1. The Hall–Kier alpha value is -0.940. The summed E-state index contributed by atoms with van der Waals surface area (Å²) in [6.45, 7) is 5.01. The number of unbranched alkanes of at least 4 members (excludes halogenated alkanes) is 2. The normalized spacial score (nSPS) is 12.4. The fraction of sp³-hybridized carbons (Fsp3) is 0.571. The number of nitro benzene ring substituents is 1. The van der Waals surface area contributed by atoms with Crippen LogP contribution in [0.4, 0.5) is 5.69 Å². The van der Waals surface area contributed by atoms with Gasteiger partial charge in [-0.1, -0.05) is 42.1 Å². The minimum atomic E-state index is -0.362. The van der Waals surface area contributed by atoms with E-state index in [-0.39, 0.29) is 10.6 Å². The molecule has 0 aromatic heterocycles. The van der Waals surface area contributed by atoms with E-state index in [4.69, 9.17) is 0 Å². The first-order chi connectivity index (χ1) is 9.02. The molecule has 0 spiro atoms. The maximum atomic E-state index is 10.8. The van der Waals surface area contributed by atoms with Gasteiger partial charge in [0.05, 0.1) is 4.92 Å². The van der Waals surface area contributed by atoms with Crippen LogP contribution in [0.15, 0.2) is 22.7 Å². The number of nitrogens with zero attached hydrogens (tertiary/aromatic N) is 1. The van der Waals surface area contributed by atoms with Gasteiger partial charge >= 0.3 is 0 Å². The molecule has 4 nitrogen and oxygen atoms in total. The van der Waals surface area contributed by atoms with Gasteiger partial charge in [0.25, 0.3) is 5.69 Å². The van der Waals surface area contributed by atoms with E-state index in [1.54, 1.807) is 6.07 Å². The lowest BCUT2D eigenvalue weighted by atomic mass is 10.1. The van der Waals surface area contributed by atoms with Crippen LogP contribution in [0.2, 0.25) is 0 Å². The molecule has 106 valence electrons. The number of nitro groups is 1. The molecule has 0 fully saturated rings. The van der Waals surface area contributed by atoms with Gasteiger partial charge in [-0.3, -0.25) is 10.1 Å². The Morgan fingerprint density at radius 3 is 2.74 bits per heavy atom. The van der Waals surface area contributed by atoms with Crippen molar-refractivity contribution in [2.24, 2.45) is 0 Å². The molecule has 1 aromatic rings. The van der Waals surface area contributed by atoms with E-state index < -0.39 is 0 Å². The van der Waals surface area contributed by atoms with Gasteiger partial charge in [-0.25, -0.2) is 0 Å². The van der Waals surface area contributed by atoms with Crippen molar-refractivity contribution >= 4 is 21.6 Å². The molecule has 0 aliphatic carbocycles. The molecule has 1 aromatic carbocycles. The van der Waals surface area contributed by atoms with E-state index in [0.29, 0.717) is 12.6 Å². The van der Waals surface area contributed by atoms with Crippen LogP contribution in [0.3, 0.4) is 0 Å². The van der Waals surface area contributed by atoms with E-state index in [0.717, 1.165) is 16.5 Å². The summed E-state index contributed by atoms with van der Waals surface area (Å²) in [5, 5.41) is 14.2. The van der Waals surface area contributed by atoms with Crippen molar-refractivity contribution in [3.05, 3.63) is 38.3 Å². The maximum absolute atomic E-state index is 10.8. The van der Waals surface area contributed by atoms with Crippen molar-refractivity contribution < 1.29 is 4.92 Å². The number of non-ortho nitro benzene ring substituents is 1. The number of benzene rings is 1. The summed E-state index contributed by atoms with van der Waals surface area (Å²) in [6, 6.07) is 5.49. The van der Waals surface area contributed by atoms with Gasteiger partial charge < -0.3 is 5.32 Å². The Kier molecular flexibility index (Phi) is 7.02. The summed E-state index contributed by atoms with van der Waals surface area (Å²) in [5.74, 6) is 0. The molecule has 0 heterocycles. The standard InChI is InChI=1S/C14H21BrN2O2/c1-3-4-5-6-11(2)16-10-12-7-13(15)9-14(8-12)17(18)19/h7-9,11,16H,3-6,10H2,1-2H3. The average molecular weight is 329 g/mol. The highest BCUT2D eigenvalue weighted by Gasteiger charge is 2.09. The summed E-state index contributed by atoms with van der Waals surface area (Å²) in [6.07, 6.45) is 4.85. The number of hydrogen-bond acceptors (Lipinski definition) is 3. The number of halogens is 1. The summed E-state index contributed by atoms with van der Waals surface area (Å²) >= 11 is 3.31. The first-order valence-corrected chi connectivity index (χ1v) is 7.49. The first kappa shape index (κ1) is 16.1. The molecule has 5 heteroatoms. The second-order valence-corrected chi connectivity index (χ2v) is 5.77. The molecule has 1 rings (SSSR count). The third-order valence-electron chi connectivity index (χ3n) is 3.05. The molecule has 0 aliphatic heterocycles. The minimum absolute atomic E-state index is 0.129. The van der Waals surface area contributed by atoms with E-state index in [2.05, 4.69) is 35.1 Å². The van der Waals surface area contributed by atoms with E-state index in [1.807, 2.05) is 6.07 Å². The second-order valence-electron chi connectivity index (χ2n) is 4.85. The first-order valence-electron chi connectivity index (χ1n) is 6.70. The van der Waals surface area contributed by atoms with Crippen molar-refractivity contribution in [1.82, 2.24) is 5.32 Å². The van der Waals surface area contributed by atoms with Crippen LogP contribution >= 0.6 is 15.9 Å². The molecule has 0 aliphatic rings. The van der Waals surface area contributed by atoms with Crippen molar-refractivity contribution in [2.75, 3.05) is 0 Å². The zero-order valence-corrected chi connectivity index (χ0v) is 13.1. The Labute approximate surface area is 122 Å². The smallest absolute Gasteiger partial charge is 0.270 e. The molecule has 1 unspecified atom stereocenters. The van der Waals surface area contributed by atoms with Crippen molar-refractivity contribution in [3.8, 4) is 0 Å². The van der Waals surface area contributed by atoms with E-state index in [9.17, 15) is 10.1 Å². The lowest BCUT2D eigenvalue weighted by Crippen LogP contribution is -2.25. The van der Waals surface area contributed by atoms with E-state index in [1.165, 1.54) is 25.3 Å².